The van der Waals surface area contributed by atoms with Crippen molar-refractivity contribution in [3.63, 3.8) is 0 Å². The van der Waals surface area contributed by atoms with E-state index in [9.17, 15) is 5.11 Å². The highest BCUT2D eigenvalue weighted by Crippen LogP contribution is 2.68. The van der Waals surface area contributed by atoms with Crippen LogP contribution in [0.4, 0.5) is 0 Å². The molecule has 0 aromatic carbocycles. The quantitative estimate of drug-likeness (QED) is 0.151. The molecule has 1 saturated heterocycles. The van der Waals surface area contributed by atoms with Crippen LogP contribution in [0.15, 0.2) is 11.6 Å². The van der Waals surface area contributed by atoms with Crippen LogP contribution >= 0.6 is 22.6 Å². The normalized spacial score (nSPS) is 43.9. The lowest BCUT2D eigenvalue weighted by molar-refractivity contribution is -0.342. The van der Waals surface area contributed by atoms with Gasteiger partial charge in [-0.05, 0) is 73.9 Å². The molecule has 4 fully saturated rings. The van der Waals surface area contributed by atoms with Gasteiger partial charge in [-0.15, -0.1) is 0 Å². The number of alkyl halides is 1. The van der Waals surface area contributed by atoms with E-state index in [1.54, 1.807) is 5.57 Å². The van der Waals surface area contributed by atoms with Gasteiger partial charge < -0.3 is 19.0 Å². The van der Waals surface area contributed by atoms with Gasteiger partial charge in [0, 0.05) is 28.1 Å². The number of rotatable bonds is 3. The van der Waals surface area contributed by atoms with Gasteiger partial charge in [-0.25, -0.2) is 0 Å². The summed E-state index contributed by atoms with van der Waals surface area (Å²) in [6, 6.07) is 0. The molecule has 0 amide bonds. The van der Waals surface area contributed by atoms with Gasteiger partial charge in [-0.3, -0.25) is 0 Å². The molecule has 0 radical (unpaired) electrons. The molecule has 1 heterocycles. The largest absolute Gasteiger partial charge is 0.413 e. The molecule has 206 valence electrons. The summed E-state index contributed by atoms with van der Waals surface area (Å²) in [5.41, 5.74) is 0.932. The Kier molecular flexibility index (Phi) is 6.83. The SMILES string of the molecule is CC1(C)COC2(CC[C@]3(CI)C4=CC[C@]5(C)C(O[Si](C)(C)C(C)(C)C)CC[C@H]5[C@@H]4CCC3(O)C2)OC1. The first-order valence-corrected chi connectivity index (χ1v) is 18.9. The van der Waals surface area contributed by atoms with E-state index in [1.807, 2.05) is 0 Å². The van der Waals surface area contributed by atoms with Gasteiger partial charge >= 0.3 is 0 Å². The molecule has 4 nitrogen and oxygen atoms in total. The fraction of sp³-hybridized carbons (Fsp3) is 0.933. The number of fused-ring (bicyclic) bond motifs is 5. The van der Waals surface area contributed by atoms with E-state index in [-0.39, 0.29) is 21.3 Å². The van der Waals surface area contributed by atoms with Gasteiger partial charge in [0.15, 0.2) is 14.1 Å². The van der Waals surface area contributed by atoms with E-state index < -0.39 is 19.7 Å². The van der Waals surface area contributed by atoms with Crippen LogP contribution in [-0.2, 0) is 13.9 Å². The van der Waals surface area contributed by atoms with Crippen LogP contribution in [0, 0.1) is 28.1 Å². The highest BCUT2D eigenvalue weighted by atomic mass is 127. The molecule has 0 bridgehead atoms. The van der Waals surface area contributed by atoms with Crippen LogP contribution in [0.3, 0.4) is 0 Å². The van der Waals surface area contributed by atoms with Crippen LogP contribution in [0.5, 0.6) is 0 Å². The third-order valence-corrected chi connectivity index (χ3v) is 17.5. The molecule has 0 aromatic heterocycles. The van der Waals surface area contributed by atoms with Crippen molar-refractivity contribution in [2.24, 2.45) is 28.1 Å². The molecule has 1 N–H and O–H groups in total. The lowest BCUT2D eigenvalue weighted by atomic mass is 9.47. The van der Waals surface area contributed by atoms with Crippen molar-refractivity contribution in [3.8, 4) is 0 Å². The van der Waals surface area contributed by atoms with Crippen molar-refractivity contribution in [3.05, 3.63) is 11.6 Å². The molecule has 1 aliphatic heterocycles. The maximum atomic E-state index is 12.4. The van der Waals surface area contributed by atoms with Crippen molar-refractivity contribution in [2.45, 2.75) is 129 Å². The van der Waals surface area contributed by atoms with E-state index in [2.05, 4.69) is 83.3 Å². The number of hydrogen-bond donors (Lipinski definition) is 1. The molecule has 5 aliphatic rings. The minimum Gasteiger partial charge on any atom is -0.413 e. The molecular formula is C30H51IO4Si. The fourth-order valence-electron chi connectivity index (χ4n) is 8.23. The monoisotopic (exact) mass is 630 g/mol. The maximum Gasteiger partial charge on any atom is 0.192 e. The van der Waals surface area contributed by atoms with Gasteiger partial charge in [0.05, 0.1) is 24.9 Å². The predicted molar refractivity (Wildman–Crippen MR) is 157 cm³/mol. The Labute approximate surface area is 235 Å². The highest BCUT2D eigenvalue weighted by Gasteiger charge is 2.66. The van der Waals surface area contributed by atoms with Gasteiger partial charge in [-0.1, -0.05) is 75.8 Å². The van der Waals surface area contributed by atoms with E-state index in [0.29, 0.717) is 37.6 Å². The molecule has 3 saturated carbocycles. The minimum absolute atomic E-state index is 0.0468. The third-order valence-electron chi connectivity index (χ3n) is 11.7. The van der Waals surface area contributed by atoms with Crippen LogP contribution in [0.2, 0.25) is 18.1 Å². The molecular weight excluding hydrogens is 579 g/mol. The number of halogens is 1. The number of allylic oxidation sites excluding steroid dienone is 1. The van der Waals surface area contributed by atoms with E-state index in [0.717, 1.165) is 36.5 Å². The molecule has 0 aromatic rings. The maximum absolute atomic E-state index is 12.4. The first kappa shape index (κ1) is 28.1. The Bertz CT molecular complexity index is 899. The topological polar surface area (TPSA) is 47.9 Å². The van der Waals surface area contributed by atoms with Crippen molar-refractivity contribution < 1.29 is 19.0 Å². The smallest absolute Gasteiger partial charge is 0.192 e. The highest BCUT2D eigenvalue weighted by molar-refractivity contribution is 14.1. The zero-order chi connectivity index (χ0) is 26.4. The second-order valence-electron chi connectivity index (χ2n) is 15.6. The Morgan fingerprint density at radius 2 is 1.72 bits per heavy atom. The minimum atomic E-state index is -1.82. The lowest BCUT2D eigenvalue weighted by Crippen LogP contribution is -2.66. The summed E-state index contributed by atoms with van der Waals surface area (Å²) in [6.07, 6.45) is 10.9. The molecule has 2 unspecified atom stereocenters. The Hall–Kier alpha value is 0.527. The van der Waals surface area contributed by atoms with E-state index in [4.69, 9.17) is 13.9 Å². The number of aliphatic hydroxyl groups is 1. The average Bonchev–Trinajstić information content (AvgIpc) is 3.10. The first-order valence-electron chi connectivity index (χ1n) is 14.5. The van der Waals surface area contributed by atoms with Gasteiger partial charge in [-0.2, -0.15) is 0 Å². The summed E-state index contributed by atoms with van der Waals surface area (Å²) < 4.78 is 20.9. The van der Waals surface area contributed by atoms with Crippen molar-refractivity contribution in [1.82, 2.24) is 0 Å². The molecule has 36 heavy (non-hydrogen) atoms. The summed E-state index contributed by atoms with van der Waals surface area (Å²) in [4.78, 5) is 0. The van der Waals surface area contributed by atoms with E-state index in [1.165, 1.54) is 12.8 Å². The zero-order valence-corrected chi connectivity index (χ0v) is 27.3. The van der Waals surface area contributed by atoms with E-state index >= 15 is 0 Å². The van der Waals surface area contributed by atoms with Gasteiger partial charge in [0.1, 0.15) is 0 Å². The van der Waals surface area contributed by atoms with Crippen LogP contribution < -0.4 is 0 Å². The van der Waals surface area contributed by atoms with Gasteiger partial charge in [0.2, 0.25) is 0 Å². The zero-order valence-electron chi connectivity index (χ0n) is 24.1. The lowest BCUT2D eigenvalue weighted by Gasteiger charge is -2.63. The van der Waals surface area contributed by atoms with Crippen LogP contribution in [0.1, 0.15) is 92.9 Å². The standard InChI is InChI=1S/C30H51IO4Si/c1-25(2,3)36(7,8)35-24-10-9-22-21-11-14-29(32)17-30(33-19-26(4,5)20-34-30)16-15-28(29,18-31)23(21)12-13-27(22,24)6/h12,21-22,24,32H,9-11,13-20H2,1-8H3/t21-,22-,24?,27-,28-,29?/m0/s1. The number of hydrogen-bond acceptors (Lipinski definition) is 4. The first-order chi connectivity index (χ1) is 16.5. The van der Waals surface area contributed by atoms with Crippen molar-refractivity contribution in [2.75, 3.05) is 17.6 Å². The predicted octanol–water partition coefficient (Wildman–Crippen LogP) is 7.64. The van der Waals surface area contributed by atoms with Gasteiger partial charge in [0.25, 0.3) is 0 Å². The second kappa shape index (κ2) is 8.76. The molecule has 6 atom stereocenters. The van der Waals surface area contributed by atoms with Crippen LogP contribution in [0.25, 0.3) is 0 Å². The number of ether oxygens (including phenoxy) is 2. The summed E-state index contributed by atoms with van der Waals surface area (Å²) in [6.45, 7) is 20.2. The Morgan fingerprint density at radius 3 is 2.33 bits per heavy atom. The fourth-order valence-corrected chi connectivity index (χ4v) is 11.2. The average molecular weight is 631 g/mol. The summed E-state index contributed by atoms with van der Waals surface area (Å²) in [7, 11) is -1.82. The summed E-state index contributed by atoms with van der Waals surface area (Å²) >= 11 is 2.57. The molecule has 4 aliphatic carbocycles. The Morgan fingerprint density at radius 1 is 1.06 bits per heavy atom. The van der Waals surface area contributed by atoms with Crippen molar-refractivity contribution in [1.29, 1.82) is 0 Å². The Balaban J connectivity index is 1.42. The third kappa shape index (κ3) is 4.17. The summed E-state index contributed by atoms with van der Waals surface area (Å²) in [5.74, 6) is 0.634. The molecule has 5 rings (SSSR count). The van der Waals surface area contributed by atoms with Crippen molar-refractivity contribution >= 4 is 30.9 Å². The van der Waals surface area contributed by atoms with Crippen LogP contribution in [-0.4, -0.2) is 48.6 Å². The summed E-state index contributed by atoms with van der Waals surface area (Å²) in [5, 5.41) is 12.6. The molecule has 6 heteroatoms. The second-order valence-corrected chi connectivity index (χ2v) is 21.2. The molecule has 1 spiro atoms.